The summed E-state index contributed by atoms with van der Waals surface area (Å²) in [7, 11) is 0. The number of halogens is 4. The zero-order valence-corrected chi connectivity index (χ0v) is 11.7. The Labute approximate surface area is 108 Å². The summed E-state index contributed by atoms with van der Waals surface area (Å²) in [4.78, 5) is 0. The van der Waals surface area contributed by atoms with Crippen molar-refractivity contribution in [1.29, 1.82) is 0 Å². The predicted octanol–water partition coefficient (Wildman–Crippen LogP) is 4.98. The fourth-order valence-corrected chi connectivity index (χ4v) is 2.58. The minimum Gasteiger partial charge on any atom is -0.0833 e. The van der Waals surface area contributed by atoms with Gasteiger partial charge in [0, 0.05) is 10.9 Å². The van der Waals surface area contributed by atoms with Gasteiger partial charge in [0.25, 0.3) is 0 Å². The molecule has 0 saturated heterocycles. The molecule has 0 aliphatic carbocycles. The zero-order valence-electron chi connectivity index (χ0n) is 7.87. The Morgan fingerprint density at radius 3 is 2.21 bits per heavy atom. The fraction of sp³-hybridized carbons (Fsp3) is 0.400. The smallest absolute Gasteiger partial charge is 0.0833 e. The van der Waals surface area contributed by atoms with E-state index in [-0.39, 0.29) is 0 Å². The Kier molecular flexibility index (Phi) is 4.16. The van der Waals surface area contributed by atoms with E-state index in [1.165, 1.54) is 5.56 Å². The molecule has 0 nitrogen and oxygen atoms in total. The van der Waals surface area contributed by atoms with Gasteiger partial charge in [-0.3, -0.25) is 0 Å². The fourth-order valence-electron chi connectivity index (χ4n) is 1.37. The van der Waals surface area contributed by atoms with Crippen LogP contribution < -0.4 is 0 Å². The predicted molar refractivity (Wildman–Crippen MR) is 67.6 cm³/mol. The lowest BCUT2D eigenvalue weighted by molar-refractivity contribution is 0.992. The van der Waals surface area contributed by atoms with Gasteiger partial charge < -0.3 is 0 Å². The van der Waals surface area contributed by atoms with E-state index in [0.29, 0.717) is 6.42 Å². The summed E-state index contributed by atoms with van der Waals surface area (Å²) in [5, 5.41) is 0. The van der Waals surface area contributed by atoms with E-state index < -0.39 is 3.79 Å². The monoisotopic (exact) mass is 314 g/mol. The van der Waals surface area contributed by atoms with Crippen LogP contribution in [0.4, 0.5) is 0 Å². The van der Waals surface area contributed by atoms with Crippen molar-refractivity contribution in [3.63, 3.8) is 0 Å². The number of hydrogen-bond acceptors (Lipinski definition) is 0. The highest BCUT2D eigenvalue weighted by atomic mass is 79.9. The Morgan fingerprint density at radius 2 is 1.79 bits per heavy atom. The van der Waals surface area contributed by atoms with Crippen molar-refractivity contribution in [2.75, 3.05) is 0 Å². The largest absolute Gasteiger partial charge is 0.194 e. The van der Waals surface area contributed by atoms with Crippen LogP contribution in [0, 0.1) is 13.8 Å². The second kappa shape index (κ2) is 4.61. The van der Waals surface area contributed by atoms with Crippen LogP contribution in [-0.2, 0) is 6.42 Å². The Balaban J connectivity index is 3.09. The molecular weight excluding hydrogens is 306 g/mol. The van der Waals surface area contributed by atoms with Crippen LogP contribution in [0.5, 0.6) is 0 Å². The molecule has 0 aromatic heterocycles. The van der Waals surface area contributed by atoms with Gasteiger partial charge in [0.1, 0.15) is 0 Å². The summed E-state index contributed by atoms with van der Waals surface area (Å²) in [5.41, 5.74) is 3.39. The van der Waals surface area contributed by atoms with Crippen LogP contribution in [0.2, 0.25) is 0 Å². The van der Waals surface area contributed by atoms with Crippen molar-refractivity contribution in [2.45, 2.75) is 24.1 Å². The summed E-state index contributed by atoms with van der Waals surface area (Å²) in [5.74, 6) is 0. The lowest BCUT2D eigenvalue weighted by Crippen LogP contribution is -2.09. The molecule has 1 aromatic rings. The first-order valence-corrected chi connectivity index (χ1v) is 6.04. The molecule has 0 fully saturated rings. The van der Waals surface area contributed by atoms with Crippen molar-refractivity contribution in [2.24, 2.45) is 0 Å². The van der Waals surface area contributed by atoms with Crippen molar-refractivity contribution in [3.8, 4) is 0 Å². The average molecular weight is 316 g/mol. The SMILES string of the molecule is Cc1cc(C)c(CC(Cl)(Cl)Cl)c(Br)c1. The van der Waals surface area contributed by atoms with Gasteiger partial charge in [0.2, 0.25) is 0 Å². The third-order valence-corrected chi connectivity index (χ3v) is 3.05. The van der Waals surface area contributed by atoms with Crippen molar-refractivity contribution in [3.05, 3.63) is 33.3 Å². The van der Waals surface area contributed by atoms with Crippen LogP contribution in [0.3, 0.4) is 0 Å². The molecule has 0 amide bonds. The van der Waals surface area contributed by atoms with Gasteiger partial charge in [0.15, 0.2) is 3.79 Å². The molecule has 0 bridgehead atoms. The molecule has 0 unspecified atom stereocenters. The summed E-state index contributed by atoms with van der Waals surface area (Å²) < 4.78 is -0.232. The summed E-state index contributed by atoms with van der Waals surface area (Å²) in [6, 6.07) is 4.11. The van der Waals surface area contributed by atoms with Crippen LogP contribution in [0.25, 0.3) is 0 Å². The summed E-state index contributed by atoms with van der Waals surface area (Å²) in [6.07, 6.45) is 0.421. The van der Waals surface area contributed by atoms with Gasteiger partial charge in [-0.25, -0.2) is 0 Å². The maximum Gasteiger partial charge on any atom is 0.194 e. The molecule has 1 aromatic carbocycles. The van der Waals surface area contributed by atoms with Crippen molar-refractivity contribution >= 4 is 50.7 Å². The molecule has 0 aliphatic rings. The topological polar surface area (TPSA) is 0 Å². The van der Waals surface area contributed by atoms with Gasteiger partial charge >= 0.3 is 0 Å². The first kappa shape index (κ1) is 12.6. The van der Waals surface area contributed by atoms with Gasteiger partial charge in [-0.15, -0.1) is 0 Å². The minimum absolute atomic E-state index is 0.421. The summed E-state index contributed by atoms with van der Waals surface area (Å²) >= 11 is 20.8. The highest BCUT2D eigenvalue weighted by Gasteiger charge is 2.22. The number of benzene rings is 1. The molecule has 14 heavy (non-hydrogen) atoms. The quantitative estimate of drug-likeness (QED) is 0.641. The molecule has 0 heterocycles. The molecule has 4 heteroatoms. The van der Waals surface area contributed by atoms with E-state index in [0.717, 1.165) is 15.6 Å². The Morgan fingerprint density at radius 1 is 1.21 bits per heavy atom. The molecule has 0 aliphatic heterocycles. The molecule has 0 saturated carbocycles. The lowest BCUT2D eigenvalue weighted by atomic mass is 10.0. The molecule has 1 rings (SSSR count). The third kappa shape index (κ3) is 3.62. The van der Waals surface area contributed by atoms with Gasteiger partial charge in [0.05, 0.1) is 0 Å². The van der Waals surface area contributed by atoms with E-state index in [1.54, 1.807) is 0 Å². The number of rotatable bonds is 1. The molecule has 0 atom stereocenters. The number of hydrogen-bond donors (Lipinski definition) is 0. The van der Waals surface area contributed by atoms with Crippen LogP contribution in [0.15, 0.2) is 16.6 Å². The number of alkyl halides is 3. The van der Waals surface area contributed by atoms with Crippen molar-refractivity contribution < 1.29 is 0 Å². The molecule has 0 radical (unpaired) electrons. The lowest BCUT2D eigenvalue weighted by Gasteiger charge is -2.15. The molecule has 78 valence electrons. The van der Waals surface area contributed by atoms with Gasteiger partial charge in [-0.1, -0.05) is 56.8 Å². The maximum absolute atomic E-state index is 5.76. The highest BCUT2D eigenvalue weighted by molar-refractivity contribution is 9.10. The second-order valence-electron chi connectivity index (χ2n) is 3.33. The maximum atomic E-state index is 5.76. The highest BCUT2D eigenvalue weighted by Crippen LogP contribution is 2.34. The summed E-state index contributed by atoms with van der Waals surface area (Å²) in [6.45, 7) is 4.06. The Hall–Kier alpha value is 0.570. The zero-order chi connectivity index (χ0) is 10.9. The van der Waals surface area contributed by atoms with Gasteiger partial charge in [-0.2, -0.15) is 0 Å². The molecule has 0 N–H and O–H groups in total. The third-order valence-electron chi connectivity index (χ3n) is 1.94. The first-order chi connectivity index (χ1) is 6.29. The Bertz CT molecular complexity index is 319. The van der Waals surface area contributed by atoms with Gasteiger partial charge in [-0.05, 0) is 36.6 Å². The standard InChI is InChI=1S/C10H10BrCl3/c1-6-3-7(2)8(9(11)4-6)5-10(12,13)14/h3-4H,5H2,1-2H3. The van der Waals surface area contributed by atoms with Crippen molar-refractivity contribution in [1.82, 2.24) is 0 Å². The van der Waals surface area contributed by atoms with E-state index >= 15 is 0 Å². The molecular formula is C10H10BrCl3. The van der Waals surface area contributed by atoms with E-state index in [2.05, 4.69) is 22.0 Å². The minimum atomic E-state index is -1.23. The van der Waals surface area contributed by atoms with Crippen LogP contribution >= 0.6 is 50.7 Å². The second-order valence-corrected chi connectivity index (χ2v) is 6.70. The number of aryl methyl sites for hydroxylation is 2. The normalized spacial score (nSPS) is 11.9. The van der Waals surface area contributed by atoms with Crippen LogP contribution in [0.1, 0.15) is 16.7 Å². The van der Waals surface area contributed by atoms with E-state index in [9.17, 15) is 0 Å². The average Bonchev–Trinajstić information content (AvgIpc) is 1.95. The first-order valence-electron chi connectivity index (χ1n) is 4.12. The van der Waals surface area contributed by atoms with Crippen LogP contribution in [-0.4, -0.2) is 3.79 Å². The van der Waals surface area contributed by atoms with E-state index in [4.69, 9.17) is 34.8 Å². The molecule has 0 spiro atoms. The van der Waals surface area contributed by atoms with E-state index in [1.807, 2.05) is 19.9 Å².